The van der Waals surface area contributed by atoms with Crippen molar-refractivity contribution in [1.29, 1.82) is 0 Å². The second-order valence-corrected chi connectivity index (χ2v) is 3.86. The molecule has 0 saturated heterocycles. The van der Waals surface area contributed by atoms with Gasteiger partial charge >= 0.3 is 0 Å². The minimum absolute atomic E-state index is 0.693. The Hall–Kier alpha value is -0.0600. The van der Waals surface area contributed by atoms with Crippen molar-refractivity contribution in [3.8, 4) is 0 Å². The maximum Gasteiger partial charge on any atom is 0.107 e. The fourth-order valence-corrected chi connectivity index (χ4v) is 1.76. The smallest absolute Gasteiger partial charge is 0.107 e. The van der Waals surface area contributed by atoms with Crippen molar-refractivity contribution in [2.75, 3.05) is 12.3 Å². The predicted molar refractivity (Wildman–Crippen MR) is 51.7 cm³/mol. The maximum atomic E-state index is 5.35. The van der Waals surface area contributed by atoms with Crippen LogP contribution in [0.25, 0.3) is 0 Å². The zero-order valence-corrected chi connectivity index (χ0v) is 8.36. The molecule has 0 unspecified atom stereocenters. The van der Waals surface area contributed by atoms with Gasteiger partial charge in [0.25, 0.3) is 0 Å². The van der Waals surface area contributed by atoms with Crippen LogP contribution in [0.15, 0.2) is 27.8 Å². The molecule has 0 aliphatic heterocycles. The number of nitrogens with zero attached hydrogens (tertiary/aromatic N) is 1. The molecule has 0 spiro atoms. The molecule has 1 aromatic rings. The molecule has 0 aliphatic carbocycles. The molecular weight excluding hydrogens is 224 g/mol. The highest BCUT2D eigenvalue weighted by Crippen LogP contribution is 2.16. The lowest BCUT2D eigenvalue weighted by Gasteiger charge is -1.97. The van der Waals surface area contributed by atoms with Gasteiger partial charge in [0.1, 0.15) is 4.60 Å². The first kappa shape index (κ1) is 9.03. The van der Waals surface area contributed by atoms with E-state index in [1.54, 1.807) is 11.8 Å². The van der Waals surface area contributed by atoms with Crippen LogP contribution in [0.3, 0.4) is 0 Å². The number of aromatic nitrogens is 1. The van der Waals surface area contributed by atoms with Crippen molar-refractivity contribution in [2.24, 2.45) is 5.73 Å². The van der Waals surface area contributed by atoms with Crippen molar-refractivity contribution in [3.05, 3.63) is 22.8 Å². The molecule has 0 aliphatic rings. The van der Waals surface area contributed by atoms with E-state index in [1.165, 1.54) is 0 Å². The van der Waals surface area contributed by atoms with Crippen LogP contribution in [0.1, 0.15) is 0 Å². The third-order valence-corrected chi connectivity index (χ3v) is 2.46. The first-order valence-corrected chi connectivity index (χ1v) is 5.06. The van der Waals surface area contributed by atoms with Gasteiger partial charge in [-0.15, -0.1) is 11.8 Å². The molecule has 0 fully saturated rings. The summed E-state index contributed by atoms with van der Waals surface area (Å²) < 4.78 is 0.875. The monoisotopic (exact) mass is 232 g/mol. The summed E-state index contributed by atoms with van der Waals surface area (Å²) >= 11 is 4.97. The highest BCUT2D eigenvalue weighted by Gasteiger charge is 1.93. The zero-order valence-electron chi connectivity index (χ0n) is 5.96. The van der Waals surface area contributed by atoms with Crippen LogP contribution in [-0.4, -0.2) is 17.3 Å². The molecule has 4 heteroatoms. The summed E-state index contributed by atoms with van der Waals surface area (Å²) in [6, 6.07) is 5.85. The number of hydrogen-bond donors (Lipinski definition) is 1. The third-order valence-electron chi connectivity index (χ3n) is 1.06. The molecule has 11 heavy (non-hydrogen) atoms. The van der Waals surface area contributed by atoms with Gasteiger partial charge in [0, 0.05) is 12.3 Å². The fourth-order valence-electron chi connectivity index (χ4n) is 0.634. The lowest BCUT2D eigenvalue weighted by atomic mass is 10.5. The summed E-state index contributed by atoms with van der Waals surface area (Å²) in [5.41, 5.74) is 5.35. The molecule has 1 heterocycles. The number of pyridine rings is 1. The molecule has 1 rings (SSSR count). The highest BCUT2D eigenvalue weighted by atomic mass is 79.9. The van der Waals surface area contributed by atoms with E-state index in [1.807, 2.05) is 18.2 Å². The van der Waals surface area contributed by atoms with Crippen LogP contribution in [0.4, 0.5) is 0 Å². The highest BCUT2D eigenvalue weighted by molar-refractivity contribution is 9.10. The molecule has 0 atom stereocenters. The van der Waals surface area contributed by atoms with E-state index >= 15 is 0 Å². The summed E-state index contributed by atoms with van der Waals surface area (Å²) in [6.45, 7) is 0.693. The Kier molecular flexibility index (Phi) is 3.90. The molecule has 2 nitrogen and oxygen atoms in total. The van der Waals surface area contributed by atoms with E-state index in [2.05, 4.69) is 20.9 Å². The molecule has 0 amide bonds. The summed E-state index contributed by atoms with van der Waals surface area (Å²) in [4.78, 5) is 4.23. The van der Waals surface area contributed by atoms with Gasteiger partial charge in [-0.05, 0) is 28.1 Å². The average molecular weight is 233 g/mol. The van der Waals surface area contributed by atoms with Crippen molar-refractivity contribution >= 4 is 27.7 Å². The van der Waals surface area contributed by atoms with Gasteiger partial charge in [0.05, 0.1) is 5.03 Å². The van der Waals surface area contributed by atoms with E-state index in [0.29, 0.717) is 6.54 Å². The second-order valence-electron chi connectivity index (χ2n) is 1.94. The van der Waals surface area contributed by atoms with E-state index in [4.69, 9.17) is 5.73 Å². The van der Waals surface area contributed by atoms with E-state index in [9.17, 15) is 0 Å². The van der Waals surface area contributed by atoms with Crippen molar-refractivity contribution in [3.63, 3.8) is 0 Å². The Balaban J connectivity index is 2.56. The summed E-state index contributed by atoms with van der Waals surface area (Å²) in [5, 5.41) is 1.02. The zero-order chi connectivity index (χ0) is 8.10. The third kappa shape index (κ3) is 3.22. The first-order chi connectivity index (χ1) is 5.33. The number of hydrogen-bond acceptors (Lipinski definition) is 3. The first-order valence-electron chi connectivity index (χ1n) is 3.28. The summed E-state index contributed by atoms with van der Waals surface area (Å²) in [6.07, 6.45) is 0. The van der Waals surface area contributed by atoms with Gasteiger partial charge in [0.2, 0.25) is 0 Å². The van der Waals surface area contributed by atoms with Crippen molar-refractivity contribution in [2.45, 2.75) is 5.03 Å². The Morgan fingerprint density at radius 2 is 2.36 bits per heavy atom. The van der Waals surface area contributed by atoms with Crippen LogP contribution in [0, 0.1) is 0 Å². The fraction of sp³-hybridized carbons (Fsp3) is 0.286. The number of thioether (sulfide) groups is 1. The molecule has 0 aromatic carbocycles. The Bertz CT molecular complexity index is 229. The van der Waals surface area contributed by atoms with Gasteiger partial charge in [-0.1, -0.05) is 6.07 Å². The molecule has 2 N–H and O–H groups in total. The normalized spacial score (nSPS) is 10.0. The van der Waals surface area contributed by atoms with Crippen LogP contribution in [-0.2, 0) is 0 Å². The predicted octanol–water partition coefficient (Wildman–Crippen LogP) is 1.89. The standard InChI is InChI=1S/C7H9BrN2S/c8-6-2-1-3-7(10-6)11-5-4-9/h1-3H,4-5,9H2. The summed E-state index contributed by atoms with van der Waals surface area (Å²) in [5.74, 6) is 0.920. The molecule has 60 valence electrons. The molecule has 0 bridgehead atoms. The Morgan fingerprint density at radius 3 is 3.00 bits per heavy atom. The van der Waals surface area contributed by atoms with Crippen molar-refractivity contribution in [1.82, 2.24) is 4.98 Å². The van der Waals surface area contributed by atoms with Crippen LogP contribution in [0.2, 0.25) is 0 Å². The number of halogens is 1. The average Bonchev–Trinajstić information content (AvgIpc) is 2.01. The van der Waals surface area contributed by atoms with Crippen molar-refractivity contribution < 1.29 is 0 Å². The lowest BCUT2D eigenvalue weighted by molar-refractivity contribution is 1.09. The van der Waals surface area contributed by atoms with E-state index < -0.39 is 0 Å². The van der Waals surface area contributed by atoms with Gasteiger partial charge in [-0.3, -0.25) is 0 Å². The summed E-state index contributed by atoms with van der Waals surface area (Å²) in [7, 11) is 0. The minimum atomic E-state index is 0.693. The van der Waals surface area contributed by atoms with Gasteiger partial charge in [-0.2, -0.15) is 0 Å². The Morgan fingerprint density at radius 1 is 1.55 bits per heavy atom. The van der Waals surface area contributed by atoms with Crippen LogP contribution < -0.4 is 5.73 Å². The van der Waals surface area contributed by atoms with E-state index in [-0.39, 0.29) is 0 Å². The number of nitrogens with two attached hydrogens (primary N) is 1. The van der Waals surface area contributed by atoms with E-state index in [0.717, 1.165) is 15.4 Å². The largest absolute Gasteiger partial charge is 0.330 e. The van der Waals surface area contributed by atoms with Gasteiger partial charge < -0.3 is 5.73 Å². The minimum Gasteiger partial charge on any atom is -0.330 e. The van der Waals surface area contributed by atoms with Gasteiger partial charge in [-0.25, -0.2) is 4.98 Å². The SMILES string of the molecule is NCCSc1cccc(Br)n1. The second kappa shape index (κ2) is 4.74. The number of rotatable bonds is 3. The molecular formula is C7H9BrN2S. The topological polar surface area (TPSA) is 38.9 Å². The lowest BCUT2D eigenvalue weighted by Crippen LogP contribution is -2.01. The molecule has 0 radical (unpaired) electrons. The van der Waals surface area contributed by atoms with Crippen LogP contribution >= 0.6 is 27.7 Å². The van der Waals surface area contributed by atoms with Crippen LogP contribution in [0.5, 0.6) is 0 Å². The molecule has 1 aromatic heterocycles. The Labute approximate surface area is 78.7 Å². The maximum absolute atomic E-state index is 5.35. The molecule has 0 saturated carbocycles. The quantitative estimate of drug-likeness (QED) is 0.640. The van der Waals surface area contributed by atoms with Gasteiger partial charge in [0.15, 0.2) is 0 Å².